The third-order valence-electron chi connectivity index (χ3n) is 2.76. The highest BCUT2D eigenvalue weighted by molar-refractivity contribution is 5.67. The molecule has 8 nitrogen and oxygen atoms in total. The van der Waals surface area contributed by atoms with Crippen molar-refractivity contribution in [3.8, 4) is 0 Å². The number of hydrogen-bond donors (Lipinski definition) is 4. The van der Waals surface area contributed by atoms with Crippen LogP contribution in [0.4, 0.5) is 9.59 Å². The summed E-state index contributed by atoms with van der Waals surface area (Å²) in [5.74, 6) is 0. The van der Waals surface area contributed by atoms with Crippen molar-refractivity contribution in [1.29, 1.82) is 0 Å². The van der Waals surface area contributed by atoms with Gasteiger partial charge in [0, 0.05) is 26.3 Å². The maximum atomic E-state index is 11.1. The Morgan fingerprint density at radius 2 is 1.00 bits per heavy atom. The zero-order valence-electron chi connectivity index (χ0n) is 17.9. The Labute approximate surface area is 164 Å². The summed E-state index contributed by atoms with van der Waals surface area (Å²) < 4.78 is 10.1. The predicted octanol–water partition coefficient (Wildman–Crippen LogP) is 2.96. The molecule has 0 saturated carbocycles. The Kier molecular flexibility index (Phi) is 15.9. The van der Waals surface area contributed by atoms with Crippen molar-refractivity contribution in [3.63, 3.8) is 0 Å². The maximum absolute atomic E-state index is 11.1. The number of rotatable bonds is 9. The molecule has 0 saturated heterocycles. The third kappa shape index (κ3) is 26.8. The second-order valence-corrected chi connectivity index (χ2v) is 8.07. The summed E-state index contributed by atoms with van der Waals surface area (Å²) in [4.78, 5) is 22.1. The van der Waals surface area contributed by atoms with Gasteiger partial charge in [-0.25, -0.2) is 9.59 Å². The smallest absolute Gasteiger partial charge is 0.407 e. The molecule has 0 spiro atoms. The number of ether oxygens (including phenoxy) is 2. The third-order valence-corrected chi connectivity index (χ3v) is 2.76. The summed E-state index contributed by atoms with van der Waals surface area (Å²) in [5, 5.41) is 22.2. The lowest BCUT2D eigenvalue weighted by molar-refractivity contribution is 0.0515. The maximum Gasteiger partial charge on any atom is 0.407 e. The average molecular weight is 393 g/mol. The number of aliphatic hydroxyl groups is 2. The molecule has 27 heavy (non-hydrogen) atoms. The molecule has 0 aromatic heterocycles. The van der Waals surface area contributed by atoms with Crippen molar-refractivity contribution in [3.05, 3.63) is 0 Å². The lowest BCUT2D eigenvalue weighted by atomic mass is 10.2. The molecule has 0 rings (SSSR count). The normalized spacial score (nSPS) is 11.1. The van der Waals surface area contributed by atoms with E-state index in [0.29, 0.717) is 19.5 Å². The Hall–Kier alpha value is -1.54. The van der Waals surface area contributed by atoms with Gasteiger partial charge in [-0.1, -0.05) is 0 Å². The summed E-state index contributed by atoms with van der Waals surface area (Å²) in [5.41, 5.74) is -0.879. The summed E-state index contributed by atoms with van der Waals surface area (Å²) in [6.45, 7) is 12.5. The van der Waals surface area contributed by atoms with Crippen LogP contribution in [0.1, 0.15) is 73.6 Å². The van der Waals surface area contributed by atoms with Crippen molar-refractivity contribution in [2.24, 2.45) is 0 Å². The number of amides is 2. The van der Waals surface area contributed by atoms with E-state index in [1.165, 1.54) is 0 Å². The lowest BCUT2D eigenvalue weighted by Gasteiger charge is -2.19. The number of carbonyl (C=O) groups is 2. The van der Waals surface area contributed by atoms with Gasteiger partial charge in [0.05, 0.1) is 0 Å². The molecule has 0 radical (unpaired) electrons. The predicted molar refractivity (Wildman–Crippen MR) is 106 cm³/mol. The van der Waals surface area contributed by atoms with Gasteiger partial charge in [0.1, 0.15) is 11.2 Å². The lowest BCUT2D eigenvalue weighted by Crippen LogP contribution is -2.33. The second kappa shape index (κ2) is 15.5. The van der Waals surface area contributed by atoms with E-state index >= 15 is 0 Å². The number of nitrogens with one attached hydrogen (secondary N) is 2. The van der Waals surface area contributed by atoms with E-state index in [1.54, 1.807) is 0 Å². The number of carbonyl (C=O) groups excluding carboxylic acids is 2. The second-order valence-electron chi connectivity index (χ2n) is 8.07. The molecule has 0 unspecified atom stereocenters. The van der Waals surface area contributed by atoms with Crippen molar-refractivity contribution >= 4 is 12.2 Å². The van der Waals surface area contributed by atoms with Crippen molar-refractivity contribution in [2.45, 2.75) is 84.8 Å². The van der Waals surface area contributed by atoms with Crippen LogP contribution in [0.2, 0.25) is 0 Å². The van der Waals surface area contributed by atoms with Crippen LogP contribution >= 0.6 is 0 Å². The molecule has 0 atom stereocenters. The molecule has 0 aliphatic heterocycles. The number of unbranched alkanes of at least 4 members (excludes halogenated alkanes) is 3. The molecule has 0 aromatic carbocycles. The van der Waals surface area contributed by atoms with Crippen LogP contribution in [-0.2, 0) is 9.47 Å². The summed E-state index contributed by atoms with van der Waals surface area (Å²) >= 11 is 0. The number of aliphatic hydroxyl groups excluding tert-OH is 2. The Morgan fingerprint density at radius 3 is 1.33 bits per heavy atom. The Morgan fingerprint density at radius 1 is 0.667 bits per heavy atom. The minimum absolute atomic E-state index is 0.163. The molecule has 162 valence electrons. The largest absolute Gasteiger partial charge is 0.444 e. The quantitative estimate of drug-likeness (QED) is 0.448. The first kappa shape index (κ1) is 27.7. The van der Waals surface area contributed by atoms with E-state index in [1.807, 2.05) is 41.5 Å². The van der Waals surface area contributed by atoms with Gasteiger partial charge in [0.15, 0.2) is 0 Å². The Balaban J connectivity index is 0. The molecular weight excluding hydrogens is 352 g/mol. The molecule has 4 N–H and O–H groups in total. The van der Waals surface area contributed by atoms with Crippen LogP contribution in [0.25, 0.3) is 0 Å². The molecule has 0 heterocycles. The fraction of sp³-hybridized carbons (Fsp3) is 0.895. The SMILES string of the molecule is CC(C)(C)OC(=O)NCCCCCO.CC(C)(C)OC(=O)NCCCCO. The van der Waals surface area contributed by atoms with E-state index < -0.39 is 17.3 Å². The highest BCUT2D eigenvalue weighted by Gasteiger charge is 2.15. The van der Waals surface area contributed by atoms with Gasteiger partial charge in [0.2, 0.25) is 0 Å². The molecule has 2 amide bonds. The molecule has 0 aliphatic carbocycles. The van der Waals surface area contributed by atoms with Crippen LogP contribution in [0.3, 0.4) is 0 Å². The van der Waals surface area contributed by atoms with Crippen LogP contribution < -0.4 is 10.6 Å². The van der Waals surface area contributed by atoms with Crippen LogP contribution in [0.15, 0.2) is 0 Å². The fourth-order valence-corrected chi connectivity index (χ4v) is 1.66. The van der Waals surface area contributed by atoms with E-state index in [2.05, 4.69) is 10.6 Å². The first-order valence-corrected chi connectivity index (χ1v) is 9.56. The topological polar surface area (TPSA) is 117 Å². The average Bonchev–Trinajstić information content (AvgIpc) is 2.48. The van der Waals surface area contributed by atoms with Crippen molar-refractivity contribution in [2.75, 3.05) is 26.3 Å². The van der Waals surface area contributed by atoms with Crippen LogP contribution in [0.5, 0.6) is 0 Å². The zero-order valence-corrected chi connectivity index (χ0v) is 17.9. The number of alkyl carbamates (subject to hydrolysis) is 2. The van der Waals surface area contributed by atoms with Gasteiger partial charge < -0.3 is 30.3 Å². The summed E-state index contributed by atoms with van der Waals surface area (Å²) in [7, 11) is 0. The van der Waals surface area contributed by atoms with E-state index in [4.69, 9.17) is 19.7 Å². The van der Waals surface area contributed by atoms with Gasteiger partial charge in [0.25, 0.3) is 0 Å². The van der Waals surface area contributed by atoms with Gasteiger partial charge >= 0.3 is 12.2 Å². The highest BCUT2D eigenvalue weighted by atomic mass is 16.6. The minimum Gasteiger partial charge on any atom is -0.444 e. The number of hydrogen-bond acceptors (Lipinski definition) is 6. The molecular formula is C19H40N2O6. The Bertz CT molecular complexity index is 389. The van der Waals surface area contributed by atoms with Crippen molar-refractivity contribution in [1.82, 2.24) is 10.6 Å². The summed E-state index contributed by atoms with van der Waals surface area (Å²) in [6, 6.07) is 0. The molecule has 0 aromatic rings. The minimum atomic E-state index is -0.443. The zero-order chi connectivity index (χ0) is 21.3. The van der Waals surface area contributed by atoms with Crippen LogP contribution in [0, 0.1) is 0 Å². The van der Waals surface area contributed by atoms with Crippen LogP contribution in [-0.4, -0.2) is 59.9 Å². The van der Waals surface area contributed by atoms with E-state index in [0.717, 1.165) is 25.7 Å². The van der Waals surface area contributed by atoms with Gasteiger partial charge in [-0.05, 0) is 73.6 Å². The van der Waals surface area contributed by atoms with Gasteiger partial charge in [-0.2, -0.15) is 0 Å². The monoisotopic (exact) mass is 392 g/mol. The fourth-order valence-electron chi connectivity index (χ4n) is 1.66. The standard InChI is InChI=1S/C10H21NO3.C9H19NO3/c1-10(2,3)14-9(13)11-7-5-4-6-8-12;1-9(2,3)13-8(12)10-6-4-5-7-11/h12H,4-8H2,1-3H3,(H,11,13);11H,4-7H2,1-3H3,(H,10,12). The van der Waals surface area contributed by atoms with E-state index in [9.17, 15) is 9.59 Å². The molecule has 8 heteroatoms. The summed E-state index contributed by atoms with van der Waals surface area (Å²) in [6.07, 6.45) is 3.29. The molecule has 0 fully saturated rings. The molecule has 0 aliphatic rings. The highest BCUT2D eigenvalue weighted by Crippen LogP contribution is 2.07. The van der Waals surface area contributed by atoms with E-state index in [-0.39, 0.29) is 19.3 Å². The first-order chi connectivity index (χ1) is 12.4. The molecule has 0 bridgehead atoms. The van der Waals surface area contributed by atoms with Crippen molar-refractivity contribution < 1.29 is 29.3 Å². The van der Waals surface area contributed by atoms with Gasteiger partial charge in [-0.3, -0.25) is 0 Å². The first-order valence-electron chi connectivity index (χ1n) is 9.56. The van der Waals surface area contributed by atoms with Gasteiger partial charge in [-0.15, -0.1) is 0 Å².